The number of aromatic nitrogens is 4. The first-order valence-electron chi connectivity index (χ1n) is 7.71. The number of carbonyl (C=O) groups excluding carboxylic acids is 1. The number of esters is 1. The van der Waals surface area contributed by atoms with Gasteiger partial charge in [-0.2, -0.15) is 4.98 Å². The minimum Gasteiger partial charge on any atom is -0.463 e. The van der Waals surface area contributed by atoms with Gasteiger partial charge in [0, 0.05) is 17.1 Å². The fourth-order valence-electron chi connectivity index (χ4n) is 2.31. The van der Waals surface area contributed by atoms with E-state index >= 15 is 0 Å². The summed E-state index contributed by atoms with van der Waals surface area (Å²) in [5, 5.41) is 13.0. The molecule has 2 aromatic heterocycles. The van der Waals surface area contributed by atoms with Crippen LogP contribution in [0.5, 0.6) is 0 Å². The van der Waals surface area contributed by atoms with E-state index in [1.54, 1.807) is 0 Å². The lowest BCUT2D eigenvalue weighted by atomic mass is 10.3. The molecule has 0 saturated carbocycles. The Morgan fingerprint density at radius 3 is 2.85 bits per heavy atom. The lowest BCUT2D eigenvalue weighted by molar-refractivity contribution is -0.144. The van der Waals surface area contributed by atoms with Crippen molar-refractivity contribution in [3.8, 4) is 0 Å². The molecule has 1 aromatic carbocycles. The van der Waals surface area contributed by atoms with E-state index in [0.29, 0.717) is 5.65 Å². The van der Waals surface area contributed by atoms with Gasteiger partial charge in [-0.05, 0) is 24.3 Å². The zero-order valence-corrected chi connectivity index (χ0v) is 15.4. The molecule has 0 aliphatic rings. The second kappa shape index (κ2) is 7.67. The van der Waals surface area contributed by atoms with E-state index in [4.69, 9.17) is 4.74 Å². The summed E-state index contributed by atoms with van der Waals surface area (Å²) in [6, 6.07) is 7.37. The van der Waals surface area contributed by atoms with Gasteiger partial charge < -0.3 is 19.7 Å². The van der Waals surface area contributed by atoms with Crippen molar-refractivity contribution < 1.29 is 14.6 Å². The molecule has 3 rings (SSSR count). The molecule has 0 amide bonds. The predicted molar refractivity (Wildman–Crippen MR) is 98.2 cm³/mol. The number of anilines is 2. The number of aromatic amines is 1. The molecule has 0 radical (unpaired) electrons. The van der Waals surface area contributed by atoms with Crippen LogP contribution < -0.4 is 10.9 Å². The van der Waals surface area contributed by atoms with Crippen LogP contribution in [-0.4, -0.2) is 43.3 Å². The van der Waals surface area contributed by atoms with E-state index in [0.717, 1.165) is 10.2 Å². The van der Waals surface area contributed by atoms with E-state index in [1.807, 2.05) is 24.3 Å². The van der Waals surface area contributed by atoms with Crippen molar-refractivity contribution in [2.75, 3.05) is 11.9 Å². The minimum absolute atomic E-state index is 0.0813. The maximum absolute atomic E-state index is 12.2. The van der Waals surface area contributed by atoms with Gasteiger partial charge in [0.25, 0.3) is 5.56 Å². The standard InChI is InChI=1S/C16H16BrN5O4/c1-9(23)26-7-12(24)6-22-8-18-13-14(22)20-16(21-15(13)25)19-11-4-2-10(17)3-5-11/h2-5,8,12,24H,6-7H2,1H3,(H2,19,20,21,25). The molecule has 1 atom stereocenters. The van der Waals surface area contributed by atoms with Gasteiger partial charge in [0.05, 0.1) is 12.9 Å². The molecular formula is C16H16BrN5O4. The fourth-order valence-corrected chi connectivity index (χ4v) is 2.57. The smallest absolute Gasteiger partial charge is 0.302 e. The van der Waals surface area contributed by atoms with Crippen LogP contribution in [0.1, 0.15) is 6.92 Å². The van der Waals surface area contributed by atoms with Crippen LogP contribution in [0.15, 0.2) is 39.9 Å². The number of aliphatic hydroxyl groups is 1. The summed E-state index contributed by atoms with van der Waals surface area (Å²) in [7, 11) is 0. The van der Waals surface area contributed by atoms with Crippen LogP contribution >= 0.6 is 15.9 Å². The summed E-state index contributed by atoms with van der Waals surface area (Å²) in [5.41, 5.74) is 0.820. The number of nitrogens with one attached hydrogen (secondary N) is 2. The number of aliphatic hydroxyl groups excluding tert-OH is 1. The molecule has 2 heterocycles. The van der Waals surface area contributed by atoms with Crippen molar-refractivity contribution >= 4 is 44.7 Å². The summed E-state index contributed by atoms with van der Waals surface area (Å²) in [6.45, 7) is 1.20. The number of imidazole rings is 1. The number of halogens is 1. The van der Waals surface area contributed by atoms with Gasteiger partial charge in [-0.15, -0.1) is 0 Å². The molecule has 3 aromatic rings. The molecule has 3 N–H and O–H groups in total. The molecule has 0 saturated heterocycles. The van der Waals surface area contributed by atoms with Gasteiger partial charge in [-0.3, -0.25) is 14.6 Å². The maximum atomic E-state index is 12.2. The van der Waals surface area contributed by atoms with Crippen LogP contribution in [0.4, 0.5) is 11.6 Å². The van der Waals surface area contributed by atoms with Crippen molar-refractivity contribution in [2.45, 2.75) is 19.6 Å². The van der Waals surface area contributed by atoms with Gasteiger partial charge in [-0.25, -0.2) is 4.98 Å². The zero-order chi connectivity index (χ0) is 18.7. The molecule has 26 heavy (non-hydrogen) atoms. The Labute approximate surface area is 156 Å². The molecule has 9 nitrogen and oxygen atoms in total. The van der Waals surface area contributed by atoms with Gasteiger partial charge in [0.15, 0.2) is 11.2 Å². The van der Waals surface area contributed by atoms with Gasteiger partial charge in [0.1, 0.15) is 12.7 Å². The average molecular weight is 422 g/mol. The Morgan fingerprint density at radius 2 is 2.15 bits per heavy atom. The summed E-state index contributed by atoms with van der Waals surface area (Å²) in [5.74, 6) is -0.226. The fraction of sp³-hybridized carbons (Fsp3) is 0.250. The monoisotopic (exact) mass is 421 g/mol. The summed E-state index contributed by atoms with van der Waals surface area (Å²) >= 11 is 3.36. The van der Waals surface area contributed by atoms with Gasteiger partial charge in [-0.1, -0.05) is 15.9 Å². The number of hydrogen-bond donors (Lipinski definition) is 3. The number of rotatable bonds is 6. The van der Waals surface area contributed by atoms with E-state index < -0.39 is 17.6 Å². The lowest BCUT2D eigenvalue weighted by Crippen LogP contribution is -2.23. The molecule has 1 unspecified atom stereocenters. The largest absolute Gasteiger partial charge is 0.463 e. The second-order valence-electron chi connectivity index (χ2n) is 5.57. The van der Waals surface area contributed by atoms with Crippen molar-refractivity contribution in [2.24, 2.45) is 0 Å². The van der Waals surface area contributed by atoms with Gasteiger partial charge in [0.2, 0.25) is 5.95 Å². The van der Waals surface area contributed by atoms with E-state index in [9.17, 15) is 14.7 Å². The van der Waals surface area contributed by atoms with Crippen LogP contribution in [0, 0.1) is 0 Å². The third kappa shape index (κ3) is 4.27. The lowest BCUT2D eigenvalue weighted by Gasteiger charge is -2.12. The van der Waals surface area contributed by atoms with E-state index in [-0.39, 0.29) is 24.6 Å². The number of H-pyrrole nitrogens is 1. The number of hydrogen-bond acceptors (Lipinski definition) is 7. The predicted octanol–water partition coefficient (Wildman–Crippen LogP) is 1.55. The third-order valence-corrected chi connectivity index (χ3v) is 4.00. The first-order chi connectivity index (χ1) is 12.4. The highest BCUT2D eigenvalue weighted by molar-refractivity contribution is 9.10. The highest BCUT2D eigenvalue weighted by Crippen LogP contribution is 2.17. The normalized spacial score (nSPS) is 12.1. The quantitative estimate of drug-likeness (QED) is 0.516. The number of ether oxygens (including phenoxy) is 1. The molecule has 136 valence electrons. The minimum atomic E-state index is -0.944. The number of fused-ring (bicyclic) bond motifs is 1. The van der Waals surface area contributed by atoms with Crippen LogP contribution in [0.2, 0.25) is 0 Å². The topological polar surface area (TPSA) is 122 Å². The Morgan fingerprint density at radius 1 is 1.42 bits per heavy atom. The summed E-state index contributed by atoms with van der Waals surface area (Å²) < 4.78 is 7.24. The molecule has 0 fully saturated rings. The second-order valence-corrected chi connectivity index (χ2v) is 6.49. The van der Waals surface area contributed by atoms with Crippen molar-refractivity contribution in [3.05, 3.63) is 45.4 Å². The molecular weight excluding hydrogens is 406 g/mol. The Kier molecular flexibility index (Phi) is 5.33. The molecule has 0 bridgehead atoms. The Bertz CT molecular complexity index is 982. The molecule has 10 heteroatoms. The zero-order valence-electron chi connectivity index (χ0n) is 13.8. The van der Waals surface area contributed by atoms with Crippen LogP contribution in [-0.2, 0) is 16.1 Å². The Hall–Kier alpha value is -2.72. The van der Waals surface area contributed by atoms with Crippen LogP contribution in [0.25, 0.3) is 11.2 Å². The van der Waals surface area contributed by atoms with E-state index in [2.05, 4.69) is 36.2 Å². The third-order valence-electron chi connectivity index (χ3n) is 3.47. The highest BCUT2D eigenvalue weighted by atomic mass is 79.9. The summed E-state index contributed by atoms with van der Waals surface area (Å²) in [6.07, 6.45) is 0.466. The molecule has 0 spiro atoms. The van der Waals surface area contributed by atoms with Crippen LogP contribution in [0.3, 0.4) is 0 Å². The van der Waals surface area contributed by atoms with Crippen molar-refractivity contribution in [3.63, 3.8) is 0 Å². The first kappa shape index (κ1) is 18.1. The molecule has 0 aliphatic heterocycles. The SMILES string of the molecule is CC(=O)OCC(O)Cn1cnc2c(=O)[nH]c(Nc3ccc(Br)cc3)nc21. The Balaban J connectivity index is 1.85. The maximum Gasteiger partial charge on any atom is 0.302 e. The molecule has 0 aliphatic carbocycles. The number of benzene rings is 1. The first-order valence-corrected chi connectivity index (χ1v) is 8.51. The highest BCUT2D eigenvalue weighted by Gasteiger charge is 2.14. The van der Waals surface area contributed by atoms with E-state index in [1.165, 1.54) is 17.8 Å². The average Bonchev–Trinajstić information content (AvgIpc) is 2.98. The number of carbonyl (C=O) groups is 1. The number of nitrogens with zero attached hydrogens (tertiary/aromatic N) is 3. The summed E-state index contributed by atoms with van der Waals surface area (Å²) in [4.78, 5) is 34.1. The van der Waals surface area contributed by atoms with Gasteiger partial charge >= 0.3 is 5.97 Å². The van der Waals surface area contributed by atoms with Crippen molar-refractivity contribution in [1.82, 2.24) is 19.5 Å². The van der Waals surface area contributed by atoms with Crippen molar-refractivity contribution in [1.29, 1.82) is 0 Å².